The average Bonchev–Trinajstić information content (AvgIpc) is 2.30. The molecule has 1 amide bonds. The summed E-state index contributed by atoms with van der Waals surface area (Å²) in [5, 5.41) is 2.50. The van der Waals surface area contributed by atoms with Crippen LogP contribution in [0.2, 0.25) is 10.0 Å². The topological polar surface area (TPSA) is 55.4 Å². The van der Waals surface area contributed by atoms with Gasteiger partial charge in [0.15, 0.2) is 5.75 Å². The Morgan fingerprint density at radius 2 is 1.89 bits per heavy atom. The van der Waals surface area contributed by atoms with Crippen molar-refractivity contribution >= 4 is 63.8 Å². The minimum absolute atomic E-state index is 0.0190. The van der Waals surface area contributed by atoms with Crippen molar-refractivity contribution in [3.8, 4) is 5.75 Å². The number of Topliss-reactive ketones (excluding diaryl/α,β-unsaturated/α-hetero) is 1. The Bertz CT molecular complexity index is 571. The second kappa shape index (κ2) is 4.46. The molecule has 0 bridgehead atoms. The van der Waals surface area contributed by atoms with Crippen molar-refractivity contribution in [1.82, 2.24) is 0 Å². The maximum atomic E-state index is 12.0. The molecule has 96 valence electrons. The van der Waals surface area contributed by atoms with Crippen LogP contribution in [0.25, 0.3) is 0 Å². The highest BCUT2D eigenvalue weighted by molar-refractivity contribution is 6.71. The van der Waals surface area contributed by atoms with Gasteiger partial charge in [-0.05, 0) is 6.07 Å². The molecule has 0 radical (unpaired) electrons. The highest BCUT2D eigenvalue weighted by Crippen LogP contribution is 2.45. The molecule has 1 aliphatic heterocycles. The van der Waals surface area contributed by atoms with E-state index < -0.39 is 16.0 Å². The highest BCUT2D eigenvalue weighted by Gasteiger charge is 2.48. The van der Waals surface area contributed by atoms with Crippen LogP contribution in [0.1, 0.15) is 10.4 Å². The van der Waals surface area contributed by atoms with E-state index in [1.54, 1.807) is 0 Å². The van der Waals surface area contributed by atoms with Gasteiger partial charge < -0.3 is 10.1 Å². The van der Waals surface area contributed by atoms with Gasteiger partial charge in [-0.15, -0.1) is 0 Å². The lowest BCUT2D eigenvalue weighted by Gasteiger charge is -2.26. The zero-order valence-corrected chi connectivity index (χ0v) is 11.8. The summed E-state index contributed by atoms with van der Waals surface area (Å²) in [4.78, 5) is 23.6. The van der Waals surface area contributed by atoms with Crippen LogP contribution in [-0.4, -0.2) is 23.1 Å². The van der Waals surface area contributed by atoms with Crippen molar-refractivity contribution in [2.45, 2.75) is 4.33 Å². The first-order chi connectivity index (χ1) is 8.30. The van der Waals surface area contributed by atoms with E-state index in [2.05, 4.69) is 5.32 Å². The van der Waals surface area contributed by atoms with Gasteiger partial charge in [-0.25, -0.2) is 0 Å². The Morgan fingerprint density at radius 1 is 1.28 bits per heavy atom. The van der Waals surface area contributed by atoms with Crippen LogP contribution in [0.15, 0.2) is 6.07 Å². The van der Waals surface area contributed by atoms with E-state index in [1.165, 1.54) is 13.2 Å². The molecule has 8 heteroatoms. The summed E-state index contributed by atoms with van der Waals surface area (Å²) in [5.41, 5.74) is 0.125. The number of carbonyl (C=O) groups excluding carboxylic acids is 2. The molecular formula is C10H5Cl4NO3. The third kappa shape index (κ3) is 1.84. The smallest absolute Gasteiger partial charge is 0.269 e. The monoisotopic (exact) mass is 327 g/mol. The number of carbonyl (C=O) groups is 2. The second-order valence-electron chi connectivity index (χ2n) is 3.49. The van der Waals surface area contributed by atoms with Gasteiger partial charge in [-0.3, -0.25) is 9.59 Å². The van der Waals surface area contributed by atoms with Gasteiger partial charge in [0.2, 0.25) is 5.78 Å². The Morgan fingerprint density at radius 3 is 2.44 bits per heavy atom. The summed E-state index contributed by atoms with van der Waals surface area (Å²) in [7, 11) is 1.36. The Hall–Kier alpha value is -0.680. The number of ether oxygens (including phenoxy) is 1. The van der Waals surface area contributed by atoms with E-state index >= 15 is 0 Å². The molecule has 0 saturated heterocycles. The van der Waals surface area contributed by atoms with Crippen molar-refractivity contribution in [2.75, 3.05) is 12.4 Å². The van der Waals surface area contributed by atoms with Gasteiger partial charge in [0.1, 0.15) is 5.02 Å². The van der Waals surface area contributed by atoms with Gasteiger partial charge in [0.25, 0.3) is 10.2 Å². The minimum atomic E-state index is -2.19. The van der Waals surface area contributed by atoms with Crippen LogP contribution in [0, 0.1) is 0 Å². The zero-order valence-electron chi connectivity index (χ0n) is 8.81. The summed E-state index contributed by atoms with van der Waals surface area (Å²) < 4.78 is 2.79. The quantitative estimate of drug-likeness (QED) is 0.635. The molecule has 0 aliphatic carbocycles. The minimum Gasteiger partial charge on any atom is -0.494 e. The average molecular weight is 329 g/mol. The summed E-state index contributed by atoms with van der Waals surface area (Å²) in [6.07, 6.45) is 0. The van der Waals surface area contributed by atoms with Crippen LogP contribution in [0.5, 0.6) is 5.75 Å². The van der Waals surface area contributed by atoms with Crippen molar-refractivity contribution in [1.29, 1.82) is 0 Å². The van der Waals surface area contributed by atoms with E-state index in [1.807, 2.05) is 0 Å². The number of nitrogens with one attached hydrogen (secondary N) is 1. The van der Waals surface area contributed by atoms with Crippen molar-refractivity contribution in [2.24, 2.45) is 0 Å². The number of amides is 1. The number of hydrogen-bond acceptors (Lipinski definition) is 3. The fourth-order valence-corrected chi connectivity index (χ4v) is 2.51. The zero-order chi connectivity index (χ0) is 13.7. The number of alkyl halides is 2. The molecule has 0 unspecified atom stereocenters. The van der Waals surface area contributed by atoms with Crippen LogP contribution >= 0.6 is 46.4 Å². The van der Waals surface area contributed by atoms with Crippen LogP contribution in [-0.2, 0) is 4.79 Å². The highest BCUT2D eigenvalue weighted by atomic mass is 35.5. The molecule has 0 saturated carbocycles. The van der Waals surface area contributed by atoms with Crippen molar-refractivity contribution in [3.63, 3.8) is 0 Å². The van der Waals surface area contributed by atoms with Crippen molar-refractivity contribution in [3.05, 3.63) is 21.7 Å². The van der Waals surface area contributed by atoms with E-state index in [0.29, 0.717) is 0 Å². The maximum absolute atomic E-state index is 12.0. The SMILES string of the molecule is COc1c(Cl)cc2c(c1Cl)NC(=O)C(Cl)(Cl)C2=O. The summed E-state index contributed by atoms with van der Waals surface area (Å²) >= 11 is 23.2. The first-order valence-electron chi connectivity index (χ1n) is 4.60. The second-order valence-corrected chi connectivity index (χ2v) is 5.60. The number of hydrogen-bond donors (Lipinski definition) is 1. The molecule has 18 heavy (non-hydrogen) atoms. The maximum Gasteiger partial charge on any atom is 0.269 e. The van der Waals surface area contributed by atoms with Gasteiger partial charge in [-0.2, -0.15) is 0 Å². The predicted octanol–water partition coefficient (Wildman–Crippen LogP) is 3.31. The number of fused-ring (bicyclic) bond motifs is 1. The Kier molecular flexibility index (Phi) is 3.40. The normalized spacial score (nSPS) is 17.2. The lowest BCUT2D eigenvalue weighted by Crippen LogP contribution is -2.44. The molecule has 0 atom stereocenters. The molecule has 4 nitrogen and oxygen atoms in total. The molecule has 0 aromatic heterocycles. The van der Waals surface area contributed by atoms with Crippen LogP contribution in [0.4, 0.5) is 5.69 Å². The third-order valence-corrected chi connectivity index (χ3v) is 3.76. The number of ketones is 1. The fraction of sp³-hybridized carbons (Fsp3) is 0.200. The Balaban J connectivity index is 2.73. The standard InChI is InChI=1S/C10H5Cl4NO3/c1-18-7-4(11)2-3-6(5(7)12)15-9(17)10(13,14)8(3)16/h2H,1H3,(H,15,17). The number of rotatable bonds is 1. The fourth-order valence-electron chi connectivity index (χ4n) is 1.55. The summed E-state index contributed by atoms with van der Waals surface area (Å²) in [5.74, 6) is -1.49. The van der Waals surface area contributed by atoms with Gasteiger partial charge >= 0.3 is 0 Å². The molecule has 0 spiro atoms. The predicted molar refractivity (Wildman–Crippen MR) is 70.4 cm³/mol. The van der Waals surface area contributed by atoms with Gasteiger partial charge in [0, 0.05) is 5.56 Å². The summed E-state index contributed by atoms with van der Waals surface area (Å²) in [6.45, 7) is 0. The van der Waals surface area contributed by atoms with E-state index in [0.717, 1.165) is 0 Å². The number of halogens is 4. The van der Waals surface area contributed by atoms with Gasteiger partial charge in [0.05, 0.1) is 17.8 Å². The number of anilines is 1. The first kappa shape index (κ1) is 13.7. The van der Waals surface area contributed by atoms with Crippen LogP contribution < -0.4 is 10.1 Å². The van der Waals surface area contributed by atoms with E-state index in [-0.39, 0.29) is 27.0 Å². The van der Waals surface area contributed by atoms with E-state index in [4.69, 9.17) is 51.1 Å². The lowest BCUT2D eigenvalue weighted by molar-refractivity contribution is -0.116. The summed E-state index contributed by atoms with van der Waals surface area (Å²) in [6, 6.07) is 1.29. The van der Waals surface area contributed by atoms with Crippen LogP contribution in [0.3, 0.4) is 0 Å². The molecule has 1 heterocycles. The molecule has 1 aromatic carbocycles. The molecule has 1 aliphatic rings. The molecule has 1 N–H and O–H groups in total. The lowest BCUT2D eigenvalue weighted by atomic mass is 10.0. The third-order valence-electron chi connectivity index (χ3n) is 2.43. The molecule has 0 fully saturated rings. The van der Waals surface area contributed by atoms with E-state index in [9.17, 15) is 9.59 Å². The Labute approximate surface area is 122 Å². The molecular weight excluding hydrogens is 324 g/mol. The largest absolute Gasteiger partial charge is 0.494 e. The van der Waals surface area contributed by atoms with Gasteiger partial charge in [-0.1, -0.05) is 46.4 Å². The first-order valence-corrected chi connectivity index (χ1v) is 6.12. The van der Waals surface area contributed by atoms with Crippen molar-refractivity contribution < 1.29 is 14.3 Å². The number of benzene rings is 1. The molecule has 1 aromatic rings. The number of methoxy groups -OCH3 is 1. The molecule has 2 rings (SSSR count).